The van der Waals surface area contributed by atoms with Crippen molar-refractivity contribution in [1.29, 1.82) is 0 Å². The summed E-state index contributed by atoms with van der Waals surface area (Å²) in [7, 11) is 0. The fraction of sp³-hybridized carbons (Fsp3) is 0.273. The fourth-order valence-electron chi connectivity index (χ4n) is 1.83. The number of pyridine rings is 1. The first-order chi connectivity index (χ1) is 9.45. The van der Waals surface area contributed by atoms with E-state index in [2.05, 4.69) is 10.3 Å². The zero-order valence-electron chi connectivity index (χ0n) is 10.5. The van der Waals surface area contributed by atoms with Gasteiger partial charge in [-0.25, -0.2) is 15.2 Å². The number of hydrogen-bond donors (Lipinski definition) is 3. The lowest BCUT2D eigenvalue weighted by Crippen LogP contribution is -2.58. The number of carbonyl (C=O) groups is 3. The third-order valence-electron chi connectivity index (χ3n) is 2.94. The second-order valence-electron chi connectivity index (χ2n) is 4.19. The molecule has 0 aromatic carbocycles. The molecule has 9 heteroatoms. The third-order valence-corrected chi connectivity index (χ3v) is 2.94. The Labute approximate surface area is 113 Å². The minimum atomic E-state index is -0.939. The molecule has 106 valence electrons. The number of hydrogen-bond acceptors (Lipinski definition) is 6. The molecule has 1 aliphatic heterocycles. The number of nitrogen functional groups attached to an aromatic ring is 1. The Hall–Kier alpha value is -2.55. The standard InChI is InChI=1S/C11H12FN5O3/c1-5-10(19)15-7(18)4-17(5)11(20)6-2-3-14-9(16-13)8(6)12/h2-3,5H,4,13H2,1H3,(H,14,16)(H,15,18,19). The summed E-state index contributed by atoms with van der Waals surface area (Å²) >= 11 is 0. The molecule has 1 aromatic heterocycles. The number of nitrogens with two attached hydrogens (primary N) is 1. The van der Waals surface area contributed by atoms with E-state index in [-0.39, 0.29) is 17.9 Å². The van der Waals surface area contributed by atoms with E-state index >= 15 is 0 Å². The van der Waals surface area contributed by atoms with Crippen LogP contribution in [0.15, 0.2) is 12.3 Å². The van der Waals surface area contributed by atoms with E-state index in [4.69, 9.17) is 5.84 Å². The number of aromatic nitrogens is 1. The lowest BCUT2D eigenvalue weighted by Gasteiger charge is -2.31. The smallest absolute Gasteiger partial charge is 0.258 e. The molecule has 0 bridgehead atoms. The molecule has 2 rings (SSSR count). The fourth-order valence-corrected chi connectivity index (χ4v) is 1.83. The van der Waals surface area contributed by atoms with E-state index < -0.39 is 29.6 Å². The van der Waals surface area contributed by atoms with E-state index in [0.717, 1.165) is 11.0 Å². The van der Waals surface area contributed by atoms with Crippen molar-refractivity contribution in [3.05, 3.63) is 23.6 Å². The first kappa shape index (κ1) is 13.9. The first-order valence-electron chi connectivity index (χ1n) is 5.71. The number of hydrazine groups is 1. The molecular weight excluding hydrogens is 269 g/mol. The molecule has 4 N–H and O–H groups in total. The lowest BCUT2D eigenvalue weighted by atomic mass is 10.1. The molecule has 1 atom stereocenters. The summed E-state index contributed by atoms with van der Waals surface area (Å²) in [5.41, 5.74) is 1.70. The van der Waals surface area contributed by atoms with Crippen molar-refractivity contribution in [3.8, 4) is 0 Å². The number of nitrogens with zero attached hydrogens (tertiary/aromatic N) is 2. The summed E-state index contributed by atoms with van der Waals surface area (Å²) in [5.74, 6) is 1.83. The van der Waals surface area contributed by atoms with Crippen molar-refractivity contribution in [2.24, 2.45) is 5.84 Å². The van der Waals surface area contributed by atoms with Crippen LogP contribution in [0.1, 0.15) is 17.3 Å². The number of rotatable bonds is 2. The Balaban J connectivity index is 2.36. The summed E-state index contributed by atoms with van der Waals surface area (Å²) < 4.78 is 14.0. The van der Waals surface area contributed by atoms with Gasteiger partial charge in [0.25, 0.3) is 5.91 Å². The second kappa shape index (κ2) is 5.21. The molecule has 2 heterocycles. The number of nitrogens with one attached hydrogen (secondary N) is 2. The summed E-state index contributed by atoms with van der Waals surface area (Å²) in [6.07, 6.45) is 1.20. The molecule has 0 aliphatic carbocycles. The van der Waals surface area contributed by atoms with Crippen molar-refractivity contribution in [2.75, 3.05) is 12.0 Å². The van der Waals surface area contributed by atoms with Gasteiger partial charge in [0.15, 0.2) is 11.6 Å². The van der Waals surface area contributed by atoms with E-state index in [1.54, 1.807) is 0 Å². The van der Waals surface area contributed by atoms with Crippen LogP contribution in [-0.2, 0) is 9.59 Å². The highest BCUT2D eigenvalue weighted by molar-refractivity contribution is 6.07. The van der Waals surface area contributed by atoms with Gasteiger partial charge in [-0.3, -0.25) is 19.7 Å². The summed E-state index contributed by atoms with van der Waals surface area (Å²) in [4.78, 5) is 39.6. The molecule has 0 radical (unpaired) electrons. The van der Waals surface area contributed by atoms with Gasteiger partial charge in [-0.1, -0.05) is 0 Å². The van der Waals surface area contributed by atoms with Crippen molar-refractivity contribution < 1.29 is 18.8 Å². The molecule has 1 aromatic rings. The van der Waals surface area contributed by atoms with Crippen LogP contribution < -0.4 is 16.6 Å². The predicted octanol–water partition coefficient (Wildman–Crippen LogP) is -1.01. The van der Waals surface area contributed by atoms with Gasteiger partial charge in [-0.15, -0.1) is 0 Å². The summed E-state index contributed by atoms with van der Waals surface area (Å²) in [6.45, 7) is 1.12. The Bertz CT molecular complexity index is 591. The monoisotopic (exact) mass is 281 g/mol. The topological polar surface area (TPSA) is 117 Å². The number of imide groups is 1. The van der Waals surface area contributed by atoms with Crippen molar-refractivity contribution >= 4 is 23.5 Å². The van der Waals surface area contributed by atoms with Crippen LogP contribution in [0.3, 0.4) is 0 Å². The van der Waals surface area contributed by atoms with E-state index in [1.165, 1.54) is 13.1 Å². The van der Waals surface area contributed by atoms with Crippen LogP contribution in [0.25, 0.3) is 0 Å². The quantitative estimate of drug-likeness (QED) is 0.363. The van der Waals surface area contributed by atoms with Crippen LogP contribution >= 0.6 is 0 Å². The Morgan fingerprint density at radius 2 is 2.30 bits per heavy atom. The SMILES string of the molecule is CC1C(=O)NC(=O)CN1C(=O)c1ccnc(NN)c1F. The van der Waals surface area contributed by atoms with Gasteiger partial charge in [0.1, 0.15) is 12.6 Å². The molecule has 8 nitrogen and oxygen atoms in total. The predicted molar refractivity (Wildman–Crippen MR) is 65.7 cm³/mol. The third kappa shape index (κ3) is 2.30. The van der Waals surface area contributed by atoms with E-state index in [1.807, 2.05) is 5.43 Å². The Morgan fingerprint density at radius 1 is 1.60 bits per heavy atom. The van der Waals surface area contributed by atoms with Crippen LogP contribution in [0, 0.1) is 5.82 Å². The van der Waals surface area contributed by atoms with Crippen LogP contribution in [0.2, 0.25) is 0 Å². The van der Waals surface area contributed by atoms with E-state index in [0.29, 0.717) is 0 Å². The maximum Gasteiger partial charge on any atom is 0.258 e. The zero-order chi connectivity index (χ0) is 14.9. The van der Waals surface area contributed by atoms with Crippen molar-refractivity contribution in [1.82, 2.24) is 15.2 Å². The van der Waals surface area contributed by atoms with Crippen molar-refractivity contribution in [3.63, 3.8) is 0 Å². The van der Waals surface area contributed by atoms with Gasteiger partial charge in [0, 0.05) is 6.20 Å². The summed E-state index contributed by atoms with van der Waals surface area (Å²) in [6, 6.07) is 0.282. The molecule has 1 aliphatic rings. The average Bonchev–Trinajstić information content (AvgIpc) is 2.42. The van der Waals surface area contributed by atoms with Gasteiger partial charge < -0.3 is 10.3 Å². The van der Waals surface area contributed by atoms with Crippen molar-refractivity contribution in [2.45, 2.75) is 13.0 Å². The number of amides is 3. The number of halogens is 1. The van der Waals surface area contributed by atoms with Gasteiger partial charge in [0.05, 0.1) is 5.56 Å². The van der Waals surface area contributed by atoms with Crippen LogP contribution in [0.4, 0.5) is 10.2 Å². The molecule has 0 saturated carbocycles. The minimum absolute atomic E-state index is 0.295. The molecule has 3 amide bonds. The maximum atomic E-state index is 14.0. The average molecular weight is 281 g/mol. The van der Waals surface area contributed by atoms with Crippen LogP contribution in [-0.4, -0.2) is 40.2 Å². The highest BCUT2D eigenvalue weighted by Gasteiger charge is 2.35. The number of piperazine rings is 1. The highest BCUT2D eigenvalue weighted by atomic mass is 19.1. The first-order valence-corrected chi connectivity index (χ1v) is 5.71. The minimum Gasteiger partial charge on any atom is -0.317 e. The molecule has 1 fully saturated rings. The van der Waals surface area contributed by atoms with E-state index in [9.17, 15) is 18.8 Å². The molecule has 1 saturated heterocycles. The number of carbonyl (C=O) groups excluding carboxylic acids is 3. The largest absolute Gasteiger partial charge is 0.317 e. The molecule has 20 heavy (non-hydrogen) atoms. The Morgan fingerprint density at radius 3 is 2.95 bits per heavy atom. The molecule has 0 spiro atoms. The van der Waals surface area contributed by atoms with Gasteiger partial charge in [-0.2, -0.15) is 0 Å². The normalized spacial score (nSPS) is 18.8. The molecule has 1 unspecified atom stereocenters. The Kier molecular flexibility index (Phi) is 3.61. The van der Waals surface area contributed by atoms with Crippen LogP contribution in [0.5, 0.6) is 0 Å². The lowest BCUT2D eigenvalue weighted by molar-refractivity contribution is -0.138. The maximum absolute atomic E-state index is 14.0. The number of anilines is 1. The van der Waals surface area contributed by atoms with Gasteiger partial charge >= 0.3 is 0 Å². The molecular formula is C11H12FN5O3. The zero-order valence-corrected chi connectivity index (χ0v) is 10.5. The van der Waals surface area contributed by atoms with Gasteiger partial charge in [-0.05, 0) is 13.0 Å². The highest BCUT2D eigenvalue weighted by Crippen LogP contribution is 2.18. The summed E-state index contributed by atoms with van der Waals surface area (Å²) in [5, 5.41) is 2.09. The second-order valence-corrected chi connectivity index (χ2v) is 4.19. The van der Waals surface area contributed by atoms with Gasteiger partial charge in [0.2, 0.25) is 11.8 Å².